The van der Waals surface area contributed by atoms with Gasteiger partial charge >= 0.3 is 0 Å². The summed E-state index contributed by atoms with van der Waals surface area (Å²) >= 11 is 0. The lowest BCUT2D eigenvalue weighted by atomic mass is 10.1. The summed E-state index contributed by atoms with van der Waals surface area (Å²) in [4.78, 5) is 11.6. The van der Waals surface area contributed by atoms with Crippen LogP contribution in [0.15, 0.2) is 18.2 Å². The van der Waals surface area contributed by atoms with E-state index in [4.69, 9.17) is 4.74 Å². The topological polar surface area (TPSA) is 26.3 Å². The van der Waals surface area contributed by atoms with E-state index in [9.17, 15) is 9.18 Å². The normalized spacial score (nSPS) is 10.3. The van der Waals surface area contributed by atoms with Crippen LogP contribution in [0.25, 0.3) is 0 Å². The number of rotatable bonds is 5. The average Bonchev–Trinajstić information content (AvgIpc) is 2.17. The van der Waals surface area contributed by atoms with Gasteiger partial charge in [0.2, 0.25) is 0 Å². The molecule has 0 unspecified atom stereocenters. The molecule has 2 nitrogen and oxygen atoms in total. The van der Waals surface area contributed by atoms with Crippen molar-refractivity contribution in [2.75, 3.05) is 13.2 Å². The van der Waals surface area contributed by atoms with E-state index in [-0.39, 0.29) is 18.2 Å². The Kier molecular flexibility index (Phi) is 4.43. The fourth-order valence-electron chi connectivity index (χ4n) is 1.33. The molecule has 0 aliphatic heterocycles. The van der Waals surface area contributed by atoms with Crippen LogP contribution in [0.1, 0.15) is 29.3 Å². The molecule has 0 saturated carbocycles. The summed E-state index contributed by atoms with van der Waals surface area (Å²) in [5, 5.41) is 0. The molecule has 0 fully saturated rings. The Balaban J connectivity index is 2.65. The van der Waals surface area contributed by atoms with Gasteiger partial charge in [-0.2, -0.15) is 0 Å². The molecule has 0 heterocycles. The number of ether oxygens (including phenoxy) is 1. The summed E-state index contributed by atoms with van der Waals surface area (Å²) in [6.45, 7) is 4.34. The van der Waals surface area contributed by atoms with Crippen molar-refractivity contribution < 1.29 is 13.9 Å². The molecule has 0 saturated heterocycles. The van der Waals surface area contributed by atoms with Crippen LogP contribution in [0.3, 0.4) is 0 Å². The third kappa shape index (κ3) is 3.44. The highest BCUT2D eigenvalue weighted by Gasteiger charge is 2.09. The van der Waals surface area contributed by atoms with Crippen LogP contribution in [0.4, 0.5) is 4.39 Å². The van der Waals surface area contributed by atoms with Crippen molar-refractivity contribution in [3.63, 3.8) is 0 Å². The maximum Gasteiger partial charge on any atom is 0.188 e. The van der Waals surface area contributed by atoms with Gasteiger partial charge in [0.25, 0.3) is 0 Å². The van der Waals surface area contributed by atoms with Gasteiger partial charge < -0.3 is 4.74 Å². The summed E-state index contributed by atoms with van der Waals surface area (Å²) in [6.07, 6.45) is 0.885. The molecule has 0 N–H and O–H groups in total. The van der Waals surface area contributed by atoms with Gasteiger partial charge in [0, 0.05) is 12.2 Å². The molecule has 15 heavy (non-hydrogen) atoms. The van der Waals surface area contributed by atoms with Gasteiger partial charge in [0.1, 0.15) is 12.4 Å². The Labute approximate surface area is 89.1 Å². The molecule has 1 aromatic carbocycles. The van der Waals surface area contributed by atoms with E-state index in [0.717, 1.165) is 6.42 Å². The molecule has 0 aliphatic rings. The van der Waals surface area contributed by atoms with E-state index in [1.54, 1.807) is 6.92 Å². The van der Waals surface area contributed by atoms with Gasteiger partial charge in [-0.3, -0.25) is 4.79 Å². The summed E-state index contributed by atoms with van der Waals surface area (Å²) in [5.41, 5.74) is 1.19. The molecule has 82 valence electrons. The van der Waals surface area contributed by atoms with Crippen LogP contribution in [-0.4, -0.2) is 19.0 Å². The Morgan fingerprint density at radius 1 is 1.47 bits per heavy atom. The van der Waals surface area contributed by atoms with Gasteiger partial charge in [-0.15, -0.1) is 0 Å². The largest absolute Gasteiger partial charge is 0.373 e. The third-order valence-electron chi connectivity index (χ3n) is 2.07. The number of carbonyl (C=O) groups excluding carboxylic acids is 1. The molecule has 0 amide bonds. The first-order valence-corrected chi connectivity index (χ1v) is 5.02. The van der Waals surface area contributed by atoms with Gasteiger partial charge in [-0.25, -0.2) is 4.39 Å². The SMILES string of the molecule is CCCOCC(=O)c1ccc(F)cc1C. The molecule has 0 spiro atoms. The lowest BCUT2D eigenvalue weighted by Gasteiger charge is -2.05. The molecule has 1 aromatic rings. The second-order valence-corrected chi connectivity index (χ2v) is 3.44. The Hall–Kier alpha value is -1.22. The first-order valence-electron chi connectivity index (χ1n) is 5.02. The molecule has 0 aliphatic carbocycles. The van der Waals surface area contributed by atoms with E-state index < -0.39 is 0 Å². The number of hydrogen-bond donors (Lipinski definition) is 0. The summed E-state index contributed by atoms with van der Waals surface area (Å²) < 4.78 is 17.9. The number of carbonyl (C=O) groups is 1. The zero-order valence-electron chi connectivity index (χ0n) is 9.05. The molecule has 0 bridgehead atoms. The fraction of sp³-hybridized carbons (Fsp3) is 0.417. The predicted octanol–water partition coefficient (Wildman–Crippen LogP) is 2.74. The Morgan fingerprint density at radius 3 is 2.80 bits per heavy atom. The fourth-order valence-corrected chi connectivity index (χ4v) is 1.33. The van der Waals surface area contributed by atoms with E-state index in [1.165, 1.54) is 18.2 Å². The summed E-state index contributed by atoms with van der Waals surface area (Å²) in [5.74, 6) is -0.417. The van der Waals surface area contributed by atoms with Crippen LogP contribution < -0.4 is 0 Å². The number of hydrogen-bond acceptors (Lipinski definition) is 2. The maximum absolute atomic E-state index is 12.8. The van der Waals surface area contributed by atoms with Crippen molar-refractivity contribution in [2.45, 2.75) is 20.3 Å². The van der Waals surface area contributed by atoms with E-state index in [2.05, 4.69) is 0 Å². The van der Waals surface area contributed by atoms with Gasteiger partial charge in [0.15, 0.2) is 5.78 Å². The van der Waals surface area contributed by atoms with Gasteiger partial charge in [0.05, 0.1) is 0 Å². The van der Waals surface area contributed by atoms with Crippen molar-refractivity contribution in [3.8, 4) is 0 Å². The minimum Gasteiger partial charge on any atom is -0.373 e. The molecule has 0 atom stereocenters. The van der Waals surface area contributed by atoms with Gasteiger partial charge in [-0.1, -0.05) is 6.92 Å². The standard InChI is InChI=1S/C12H15FO2/c1-3-6-15-8-12(14)11-5-4-10(13)7-9(11)2/h4-5,7H,3,6,8H2,1-2H3. The molecule has 1 rings (SSSR count). The average molecular weight is 210 g/mol. The van der Waals surface area contributed by atoms with Crippen LogP contribution in [-0.2, 0) is 4.74 Å². The highest BCUT2D eigenvalue weighted by molar-refractivity contribution is 5.98. The zero-order valence-corrected chi connectivity index (χ0v) is 9.05. The number of aryl methyl sites for hydroxylation is 1. The summed E-state index contributed by atoms with van der Waals surface area (Å²) in [6, 6.07) is 4.15. The van der Waals surface area contributed by atoms with Crippen molar-refractivity contribution in [1.29, 1.82) is 0 Å². The predicted molar refractivity (Wildman–Crippen MR) is 56.6 cm³/mol. The molecule has 0 aromatic heterocycles. The van der Waals surface area contributed by atoms with E-state index in [1.807, 2.05) is 6.92 Å². The number of Topliss-reactive ketones (excluding diaryl/α,β-unsaturated/α-hetero) is 1. The molecular weight excluding hydrogens is 195 g/mol. The number of benzene rings is 1. The first-order chi connectivity index (χ1) is 7.15. The van der Waals surface area contributed by atoms with Crippen molar-refractivity contribution in [3.05, 3.63) is 35.1 Å². The molecular formula is C12H15FO2. The minimum atomic E-state index is -0.321. The maximum atomic E-state index is 12.8. The second-order valence-electron chi connectivity index (χ2n) is 3.44. The molecule has 3 heteroatoms. The van der Waals surface area contributed by atoms with Crippen molar-refractivity contribution in [1.82, 2.24) is 0 Å². The van der Waals surface area contributed by atoms with Crippen molar-refractivity contribution >= 4 is 5.78 Å². The van der Waals surface area contributed by atoms with Crippen LogP contribution in [0.5, 0.6) is 0 Å². The van der Waals surface area contributed by atoms with E-state index >= 15 is 0 Å². The van der Waals surface area contributed by atoms with Crippen LogP contribution in [0, 0.1) is 12.7 Å². The number of ketones is 1. The highest BCUT2D eigenvalue weighted by atomic mass is 19.1. The number of halogens is 1. The lowest BCUT2D eigenvalue weighted by Crippen LogP contribution is -2.11. The summed E-state index contributed by atoms with van der Waals surface area (Å²) in [7, 11) is 0. The second kappa shape index (κ2) is 5.61. The Morgan fingerprint density at radius 2 is 2.20 bits per heavy atom. The lowest BCUT2D eigenvalue weighted by molar-refractivity contribution is 0.0760. The van der Waals surface area contributed by atoms with Crippen LogP contribution in [0.2, 0.25) is 0 Å². The quantitative estimate of drug-likeness (QED) is 0.551. The van der Waals surface area contributed by atoms with E-state index in [0.29, 0.717) is 17.7 Å². The van der Waals surface area contributed by atoms with Crippen LogP contribution >= 0.6 is 0 Å². The Bertz CT molecular complexity index is 347. The third-order valence-corrected chi connectivity index (χ3v) is 2.07. The first kappa shape index (κ1) is 11.9. The minimum absolute atomic E-state index is 0.0698. The zero-order chi connectivity index (χ0) is 11.3. The smallest absolute Gasteiger partial charge is 0.188 e. The molecule has 0 radical (unpaired) electrons. The van der Waals surface area contributed by atoms with Gasteiger partial charge in [-0.05, 0) is 37.1 Å². The highest BCUT2D eigenvalue weighted by Crippen LogP contribution is 2.10. The van der Waals surface area contributed by atoms with Crippen molar-refractivity contribution in [2.24, 2.45) is 0 Å². The monoisotopic (exact) mass is 210 g/mol.